The molecule has 1 rings (SSSR count). The molecule has 2 nitrogen and oxygen atoms in total. The molecule has 0 N–H and O–H groups in total. The molecule has 1 aromatic carbocycles. The molecule has 8 heteroatoms. The lowest BCUT2D eigenvalue weighted by Gasteiger charge is -2.13. The van der Waals surface area contributed by atoms with E-state index in [2.05, 4.69) is 41.5 Å². The number of rotatable bonds is 6. The first-order chi connectivity index (χ1) is 10.1. The van der Waals surface area contributed by atoms with Crippen molar-refractivity contribution in [3.8, 4) is 0 Å². The van der Waals surface area contributed by atoms with Crippen molar-refractivity contribution in [1.29, 1.82) is 0 Å². The number of hydrogen-bond acceptors (Lipinski definition) is 2. The van der Waals surface area contributed by atoms with Crippen molar-refractivity contribution in [2.24, 2.45) is 0 Å². The molecule has 0 aliphatic heterocycles. The zero-order valence-electron chi connectivity index (χ0n) is 12.9. The lowest BCUT2D eigenvalue weighted by atomic mass is 10.1. The number of carbonyl (C=O) groups is 1. The Hall–Kier alpha value is -1.18. The van der Waals surface area contributed by atoms with Crippen LogP contribution in [-0.2, 0) is 20.4 Å². The molecule has 1 aromatic rings. The number of hydrogen-bond donors (Lipinski definition) is 0. The summed E-state index contributed by atoms with van der Waals surface area (Å²) in [5.74, 6) is -0.107. The van der Waals surface area contributed by atoms with Gasteiger partial charge < -0.3 is 22.0 Å². The first-order valence-corrected chi connectivity index (χ1v) is 8.81. The van der Waals surface area contributed by atoms with E-state index in [0.29, 0.717) is 22.6 Å². The Kier molecular flexibility index (Phi) is 9.97. The third kappa shape index (κ3) is 11.5. The van der Waals surface area contributed by atoms with Crippen molar-refractivity contribution in [2.45, 2.75) is 24.5 Å². The van der Waals surface area contributed by atoms with E-state index in [4.69, 9.17) is 0 Å². The molecule has 0 bridgehead atoms. The summed E-state index contributed by atoms with van der Waals surface area (Å²) in [5, 5.41) is 0.556. The molecule has 0 fully saturated rings. The fraction of sp³-hybridized carbons (Fsp3) is 0.500. The summed E-state index contributed by atoms with van der Waals surface area (Å²) in [4.78, 5) is 11.1. The Balaban J connectivity index is 0.000000763. The van der Waals surface area contributed by atoms with Crippen molar-refractivity contribution < 1.29 is 26.8 Å². The van der Waals surface area contributed by atoms with Gasteiger partial charge in [-0.05, 0) is 23.7 Å². The van der Waals surface area contributed by atoms with Crippen LogP contribution in [0, 0.1) is 0 Å². The summed E-state index contributed by atoms with van der Waals surface area (Å²) in [7, 11) is -4.23. The van der Waals surface area contributed by atoms with Crippen LogP contribution in [0.4, 0.5) is 17.3 Å². The van der Waals surface area contributed by atoms with Gasteiger partial charge in [0, 0.05) is 12.0 Å². The normalized spacial score (nSPS) is 12.4. The molecule has 22 heavy (non-hydrogen) atoms. The highest BCUT2D eigenvalue weighted by atomic mass is 32.2. The van der Waals surface area contributed by atoms with E-state index < -0.39 is 7.25 Å². The maximum atomic E-state index is 11.1. The molecule has 0 saturated heterocycles. The van der Waals surface area contributed by atoms with Crippen molar-refractivity contribution in [1.82, 2.24) is 0 Å². The van der Waals surface area contributed by atoms with Crippen molar-refractivity contribution in [3.05, 3.63) is 35.9 Å². The smallest absolute Gasteiger partial charge is 0.469 e. The third-order valence-electron chi connectivity index (χ3n) is 2.82. The van der Waals surface area contributed by atoms with Gasteiger partial charge >= 0.3 is 13.2 Å². The zero-order valence-corrected chi connectivity index (χ0v) is 13.7. The van der Waals surface area contributed by atoms with Crippen LogP contribution in [0.5, 0.6) is 0 Å². The molecular weight excluding hydrogens is 319 g/mol. The molecule has 0 spiro atoms. The molecule has 0 aromatic heterocycles. The van der Waals surface area contributed by atoms with Gasteiger partial charge in [-0.1, -0.05) is 30.3 Å². The second-order valence-electron chi connectivity index (χ2n) is 4.74. The van der Waals surface area contributed by atoms with Gasteiger partial charge in [0.05, 0.1) is 19.6 Å². The van der Waals surface area contributed by atoms with Gasteiger partial charge in [-0.2, -0.15) is 0 Å². The number of halogens is 4. The zero-order chi connectivity index (χ0) is 17.2. The molecule has 0 aliphatic rings. The minimum atomic E-state index is -6.00. The van der Waals surface area contributed by atoms with Crippen LogP contribution < -0.4 is 0 Å². The maximum Gasteiger partial charge on any atom is 0.673 e. The average Bonchev–Trinajstić information content (AvgIpc) is 2.42. The van der Waals surface area contributed by atoms with E-state index in [1.54, 1.807) is 0 Å². The highest BCUT2D eigenvalue weighted by Gasteiger charge is 2.23. The first-order valence-electron chi connectivity index (χ1n) is 6.70. The van der Waals surface area contributed by atoms with Crippen LogP contribution in [0.3, 0.4) is 0 Å². The molecule has 0 radical (unpaired) electrons. The number of methoxy groups -OCH3 is 1. The van der Waals surface area contributed by atoms with E-state index in [-0.39, 0.29) is 5.97 Å². The second-order valence-corrected chi connectivity index (χ2v) is 7.07. The number of carbonyl (C=O) groups excluding carboxylic acids is 1. The molecule has 126 valence electrons. The van der Waals surface area contributed by atoms with Gasteiger partial charge in [-0.25, -0.2) is 0 Å². The highest BCUT2D eigenvalue weighted by Crippen LogP contribution is 2.27. The summed E-state index contributed by atoms with van der Waals surface area (Å²) in [6.07, 6.45) is 7.00. The summed E-state index contributed by atoms with van der Waals surface area (Å²) < 4.78 is 43.7. The van der Waals surface area contributed by atoms with Crippen molar-refractivity contribution in [3.63, 3.8) is 0 Å². The van der Waals surface area contributed by atoms with E-state index >= 15 is 0 Å². The Labute approximate surface area is 131 Å². The number of ether oxygens (including phenoxy) is 1. The van der Waals surface area contributed by atoms with E-state index in [9.17, 15) is 22.1 Å². The Morgan fingerprint density at radius 1 is 1.18 bits per heavy atom. The topological polar surface area (TPSA) is 26.3 Å². The van der Waals surface area contributed by atoms with Gasteiger partial charge in [0.15, 0.2) is 0 Å². The van der Waals surface area contributed by atoms with Crippen LogP contribution in [-0.4, -0.2) is 32.8 Å². The predicted octanol–water partition coefficient (Wildman–Crippen LogP) is 4.25. The summed E-state index contributed by atoms with van der Waals surface area (Å²) in [6, 6.07) is 10.6. The lowest BCUT2D eigenvalue weighted by molar-refractivity contribution is -0.140. The van der Waals surface area contributed by atoms with Crippen molar-refractivity contribution >= 4 is 24.1 Å². The molecule has 0 heterocycles. The SMILES string of the molecule is COC(=O)CCCC(c1ccccc1)[S+](C)C.F[B-](F)(F)F. The van der Waals surface area contributed by atoms with Crippen LogP contribution in [0.25, 0.3) is 0 Å². The van der Waals surface area contributed by atoms with Gasteiger partial charge in [-0.15, -0.1) is 0 Å². The van der Waals surface area contributed by atoms with Gasteiger partial charge in [0.1, 0.15) is 5.25 Å². The Bertz CT molecular complexity index is 421. The largest absolute Gasteiger partial charge is 0.673 e. The fourth-order valence-electron chi connectivity index (χ4n) is 1.88. The third-order valence-corrected chi connectivity index (χ3v) is 4.46. The standard InChI is InChI=1S/C14H21O2S.BF4/c1-16-14(15)11-7-10-13(17(2)3)12-8-5-4-6-9-12;2-1(3,4)5/h4-6,8-9,13H,7,10-11H2,1-3H3;/q+1;-1. The quantitative estimate of drug-likeness (QED) is 0.335. The molecule has 1 unspecified atom stereocenters. The maximum absolute atomic E-state index is 11.1. The van der Waals surface area contributed by atoms with E-state index in [0.717, 1.165) is 12.8 Å². The second kappa shape index (κ2) is 10.5. The van der Waals surface area contributed by atoms with Crippen LogP contribution >= 0.6 is 0 Å². The molecular formula is C14H21BF4O2S. The summed E-state index contributed by atoms with van der Waals surface area (Å²) in [5.41, 5.74) is 1.38. The molecule has 0 saturated carbocycles. The molecule has 1 atom stereocenters. The number of benzene rings is 1. The Morgan fingerprint density at radius 3 is 2.09 bits per heavy atom. The predicted molar refractivity (Wildman–Crippen MR) is 84.4 cm³/mol. The summed E-state index contributed by atoms with van der Waals surface area (Å²) in [6.45, 7) is 0. The van der Waals surface area contributed by atoms with Crippen molar-refractivity contribution in [2.75, 3.05) is 19.6 Å². The van der Waals surface area contributed by atoms with Gasteiger partial charge in [0.25, 0.3) is 0 Å². The van der Waals surface area contributed by atoms with Crippen LogP contribution in [0.1, 0.15) is 30.1 Å². The van der Waals surface area contributed by atoms with Gasteiger partial charge in [0.2, 0.25) is 0 Å². The lowest BCUT2D eigenvalue weighted by Crippen LogP contribution is -2.11. The highest BCUT2D eigenvalue weighted by molar-refractivity contribution is 7.95. The fourth-order valence-corrected chi connectivity index (χ4v) is 3.22. The minimum absolute atomic E-state index is 0.107. The van der Waals surface area contributed by atoms with Crippen LogP contribution in [0.15, 0.2) is 30.3 Å². The average molecular weight is 340 g/mol. The minimum Gasteiger partial charge on any atom is -0.469 e. The molecule has 0 amide bonds. The number of esters is 1. The first kappa shape index (κ1) is 20.8. The monoisotopic (exact) mass is 340 g/mol. The molecule has 0 aliphatic carbocycles. The Morgan fingerprint density at radius 2 is 1.68 bits per heavy atom. The van der Waals surface area contributed by atoms with Crippen LogP contribution in [0.2, 0.25) is 0 Å². The summed E-state index contributed by atoms with van der Waals surface area (Å²) >= 11 is 0. The van der Waals surface area contributed by atoms with E-state index in [1.807, 2.05) is 6.07 Å². The van der Waals surface area contributed by atoms with Gasteiger partial charge in [-0.3, -0.25) is 4.79 Å². The van der Waals surface area contributed by atoms with E-state index in [1.165, 1.54) is 12.7 Å².